The molecule has 0 saturated heterocycles. The van der Waals surface area contributed by atoms with Crippen molar-refractivity contribution in [2.24, 2.45) is 0 Å². The van der Waals surface area contributed by atoms with Crippen LogP contribution in [0.4, 0.5) is 0 Å². The Kier molecular flexibility index (Phi) is 16.2. The van der Waals surface area contributed by atoms with E-state index in [0.717, 1.165) is 5.88 Å². The maximum absolute atomic E-state index is 6.04. The molecule has 0 aromatic heterocycles. The predicted octanol–water partition coefficient (Wildman–Crippen LogP) is 1.84. The summed E-state index contributed by atoms with van der Waals surface area (Å²) in [4.78, 5) is 0. The molecule has 0 fully saturated rings. The summed E-state index contributed by atoms with van der Waals surface area (Å²) in [5.74, 6) is 0.819. The zero-order valence-electron chi connectivity index (χ0n) is 12.7. The van der Waals surface area contributed by atoms with Crippen LogP contribution in [0.5, 0.6) is 0 Å². The van der Waals surface area contributed by atoms with Crippen LogP contribution >= 0.6 is 11.6 Å². The van der Waals surface area contributed by atoms with Crippen LogP contribution in [-0.4, -0.2) is 36.5 Å². The summed E-state index contributed by atoms with van der Waals surface area (Å²) in [7, 11) is 0. The largest absolute Gasteiger partial charge is 1.00 e. The van der Waals surface area contributed by atoms with E-state index in [4.69, 9.17) is 11.6 Å². The van der Waals surface area contributed by atoms with Gasteiger partial charge in [-0.15, -0.1) is 11.6 Å². The molecule has 1 nitrogen and oxygen atoms in total. The fourth-order valence-corrected chi connectivity index (χ4v) is 2.89. The highest BCUT2D eigenvalue weighted by molar-refractivity contribution is 6.17. The molecule has 0 rings (SSSR count). The molecule has 0 aliphatic carbocycles. The number of hydrogen-bond acceptors (Lipinski definition) is 0. The minimum absolute atomic E-state index is 0. The van der Waals surface area contributed by atoms with E-state index in [1.807, 2.05) is 0 Å². The summed E-state index contributed by atoms with van der Waals surface area (Å²) in [6.07, 6.45) is 9.40. The highest BCUT2D eigenvalue weighted by Gasteiger charge is 2.24. The molecule has 0 aliphatic rings. The quantitative estimate of drug-likeness (QED) is 0.293. The van der Waals surface area contributed by atoms with E-state index in [1.54, 1.807) is 0 Å². The summed E-state index contributed by atoms with van der Waals surface area (Å²) < 4.78 is 1.28. The van der Waals surface area contributed by atoms with Crippen molar-refractivity contribution in [2.75, 3.05) is 32.1 Å². The Balaban J connectivity index is 0. The van der Waals surface area contributed by atoms with Gasteiger partial charge in [0.25, 0.3) is 0 Å². The number of alkyl halides is 1. The topological polar surface area (TPSA) is 0 Å². The Morgan fingerprint density at radius 3 is 1.50 bits per heavy atom. The first-order chi connectivity index (χ1) is 8.24. The van der Waals surface area contributed by atoms with Gasteiger partial charge in [-0.1, -0.05) is 40.0 Å². The smallest absolute Gasteiger partial charge is 0.0924 e. The van der Waals surface area contributed by atoms with E-state index >= 15 is 0 Å². The lowest BCUT2D eigenvalue weighted by atomic mass is 10.1. The second-order valence-electron chi connectivity index (χ2n) is 5.34. The first-order valence-corrected chi connectivity index (χ1v) is 8.19. The van der Waals surface area contributed by atoms with Crippen molar-refractivity contribution in [3.63, 3.8) is 0 Å². The first-order valence-electron chi connectivity index (χ1n) is 7.65. The summed E-state index contributed by atoms with van der Waals surface area (Å²) in [5, 5.41) is 0. The third-order valence-electron chi connectivity index (χ3n) is 3.77. The molecule has 112 valence electrons. The molecule has 3 heteroatoms. The zero-order valence-corrected chi connectivity index (χ0v) is 14.2. The van der Waals surface area contributed by atoms with Crippen LogP contribution in [0.3, 0.4) is 0 Å². The number of quaternary nitrogens is 1. The second kappa shape index (κ2) is 14.0. The number of hydrogen-bond donors (Lipinski definition) is 0. The van der Waals surface area contributed by atoms with E-state index in [0.29, 0.717) is 0 Å². The standard InChI is InChI=1S/C15H33ClN.ClH/c1-4-7-10-14-17(15-11-16,12-8-5-2)13-9-6-3;/h4-15H2,1-3H3;1H/q+1;/p-1. The van der Waals surface area contributed by atoms with Gasteiger partial charge >= 0.3 is 0 Å². The summed E-state index contributed by atoms with van der Waals surface area (Å²) in [6, 6.07) is 0. The van der Waals surface area contributed by atoms with Crippen molar-refractivity contribution in [2.45, 2.75) is 65.7 Å². The van der Waals surface area contributed by atoms with Crippen LogP contribution in [0.2, 0.25) is 0 Å². The third-order valence-corrected chi connectivity index (χ3v) is 3.94. The lowest BCUT2D eigenvalue weighted by Gasteiger charge is -2.38. The predicted molar refractivity (Wildman–Crippen MR) is 79.8 cm³/mol. The van der Waals surface area contributed by atoms with E-state index in [1.165, 1.54) is 75.6 Å². The molecule has 0 aromatic carbocycles. The van der Waals surface area contributed by atoms with Gasteiger partial charge in [-0.05, 0) is 25.7 Å². The van der Waals surface area contributed by atoms with Gasteiger partial charge in [0.05, 0.1) is 32.1 Å². The lowest BCUT2D eigenvalue weighted by molar-refractivity contribution is -0.926. The van der Waals surface area contributed by atoms with Gasteiger partial charge in [0.15, 0.2) is 0 Å². The molecule has 0 aliphatic heterocycles. The van der Waals surface area contributed by atoms with Gasteiger partial charge in [-0.25, -0.2) is 0 Å². The molecule has 0 saturated carbocycles. The van der Waals surface area contributed by atoms with Gasteiger partial charge in [0, 0.05) is 0 Å². The van der Waals surface area contributed by atoms with E-state index in [2.05, 4.69) is 20.8 Å². The second-order valence-corrected chi connectivity index (χ2v) is 5.72. The molecule has 0 bridgehead atoms. The van der Waals surface area contributed by atoms with Gasteiger partial charge < -0.3 is 16.9 Å². The van der Waals surface area contributed by atoms with E-state index in [9.17, 15) is 0 Å². The number of rotatable bonds is 12. The van der Waals surface area contributed by atoms with Crippen LogP contribution in [0.15, 0.2) is 0 Å². The molecule has 0 unspecified atom stereocenters. The van der Waals surface area contributed by atoms with Gasteiger partial charge in [0.2, 0.25) is 0 Å². The maximum Gasteiger partial charge on any atom is 0.0924 e. The van der Waals surface area contributed by atoms with Crippen LogP contribution in [0, 0.1) is 0 Å². The van der Waals surface area contributed by atoms with Crippen molar-refractivity contribution in [3.05, 3.63) is 0 Å². The minimum Gasteiger partial charge on any atom is -1.00 e. The molecule has 18 heavy (non-hydrogen) atoms. The van der Waals surface area contributed by atoms with Crippen molar-refractivity contribution in [3.8, 4) is 0 Å². The third kappa shape index (κ3) is 9.47. The summed E-state index contributed by atoms with van der Waals surface area (Å²) >= 11 is 6.04. The Morgan fingerprint density at radius 1 is 0.667 bits per heavy atom. The van der Waals surface area contributed by atoms with Gasteiger partial charge in [-0.2, -0.15) is 0 Å². The molecular formula is C15H33Cl2N. The summed E-state index contributed by atoms with van der Waals surface area (Å²) in [5.41, 5.74) is 0. The highest BCUT2D eigenvalue weighted by atomic mass is 35.5. The van der Waals surface area contributed by atoms with Crippen molar-refractivity contribution >= 4 is 11.6 Å². The van der Waals surface area contributed by atoms with E-state index in [-0.39, 0.29) is 12.4 Å². The lowest BCUT2D eigenvalue weighted by Crippen LogP contribution is -3.00. The average molecular weight is 298 g/mol. The molecule has 0 spiro atoms. The minimum atomic E-state index is 0. The number of unbranched alkanes of at least 4 members (excludes halogenated alkanes) is 4. The zero-order chi connectivity index (χ0) is 13.0. The fourth-order valence-electron chi connectivity index (χ4n) is 2.53. The van der Waals surface area contributed by atoms with Gasteiger partial charge in [0.1, 0.15) is 0 Å². The number of nitrogens with zero attached hydrogens (tertiary/aromatic N) is 1. The normalized spacial score (nSPS) is 11.3. The monoisotopic (exact) mass is 297 g/mol. The highest BCUT2D eigenvalue weighted by Crippen LogP contribution is 2.15. The van der Waals surface area contributed by atoms with E-state index < -0.39 is 0 Å². The molecule has 0 heterocycles. The Labute approximate surface area is 126 Å². The van der Waals surface area contributed by atoms with Crippen molar-refractivity contribution in [1.82, 2.24) is 0 Å². The molecule has 0 radical (unpaired) electrons. The van der Waals surface area contributed by atoms with Crippen LogP contribution < -0.4 is 12.4 Å². The fraction of sp³-hybridized carbons (Fsp3) is 1.00. The van der Waals surface area contributed by atoms with Crippen LogP contribution in [0.1, 0.15) is 65.7 Å². The molecule has 0 N–H and O–H groups in total. The van der Waals surface area contributed by atoms with Crippen molar-refractivity contribution < 1.29 is 16.9 Å². The molecule has 0 amide bonds. The SMILES string of the molecule is CCCCC[N+](CCCl)(CCCC)CCCC.[Cl-]. The van der Waals surface area contributed by atoms with Crippen LogP contribution in [0.25, 0.3) is 0 Å². The first kappa shape index (κ1) is 20.8. The molecule has 0 aromatic rings. The van der Waals surface area contributed by atoms with Crippen LogP contribution in [-0.2, 0) is 0 Å². The van der Waals surface area contributed by atoms with Crippen molar-refractivity contribution in [1.29, 1.82) is 0 Å². The number of halogens is 2. The Bertz CT molecular complexity index is 155. The maximum atomic E-state index is 6.04. The Morgan fingerprint density at radius 2 is 1.11 bits per heavy atom. The summed E-state index contributed by atoms with van der Waals surface area (Å²) in [6.45, 7) is 12.1. The average Bonchev–Trinajstić information content (AvgIpc) is 2.34. The Hall–Kier alpha value is 0.540. The molecule has 0 atom stereocenters. The van der Waals surface area contributed by atoms with Gasteiger partial charge in [-0.3, -0.25) is 0 Å². The molecular weight excluding hydrogens is 265 g/mol.